The maximum atomic E-state index is 13.3. The molecule has 0 aliphatic heterocycles. The van der Waals surface area contributed by atoms with E-state index in [1.807, 2.05) is 81.7 Å². The van der Waals surface area contributed by atoms with E-state index in [9.17, 15) is 9.18 Å². The summed E-state index contributed by atoms with van der Waals surface area (Å²) in [6, 6.07) is 19.4. The van der Waals surface area contributed by atoms with Crippen LogP contribution in [0.2, 0.25) is 0 Å². The fourth-order valence-electron chi connectivity index (χ4n) is 2.76. The van der Waals surface area contributed by atoms with E-state index in [0.717, 1.165) is 11.2 Å². The molecule has 1 N–H and O–H groups in total. The maximum Gasteiger partial charge on any atom is 0.257 e. The van der Waals surface area contributed by atoms with Crippen LogP contribution in [0.25, 0.3) is 16.9 Å². The van der Waals surface area contributed by atoms with E-state index in [0.29, 0.717) is 20.6 Å². The van der Waals surface area contributed by atoms with Gasteiger partial charge in [0.05, 0.1) is 5.56 Å². The number of imidazole rings is 1. The number of nitrogens with one attached hydrogen (secondary N) is 1. The third-order valence-corrected chi connectivity index (χ3v) is 4.88. The number of anilines is 1. The lowest BCUT2D eigenvalue weighted by atomic mass is 10.1. The summed E-state index contributed by atoms with van der Waals surface area (Å²) >= 11 is 1.96. The summed E-state index contributed by atoms with van der Waals surface area (Å²) in [6.45, 7) is 0. The lowest BCUT2D eigenvalue weighted by molar-refractivity contribution is 0.102. The van der Waals surface area contributed by atoms with Gasteiger partial charge < -0.3 is 5.32 Å². The molecule has 4 rings (SSSR count). The number of carbonyl (C=O) groups excluding carboxylic acids is 1. The Kier molecular flexibility index (Phi) is 4.42. The SMILES string of the molecule is O=C(Nc1c(-c2ccccc2)nc2ccccn12)c1ccc(F)cc1I. The highest BCUT2D eigenvalue weighted by Crippen LogP contribution is 2.29. The molecule has 2 aromatic heterocycles. The number of hydrogen-bond acceptors (Lipinski definition) is 2. The summed E-state index contributed by atoms with van der Waals surface area (Å²) in [5, 5.41) is 2.94. The molecule has 0 saturated heterocycles. The number of rotatable bonds is 3. The first kappa shape index (κ1) is 16.7. The summed E-state index contributed by atoms with van der Waals surface area (Å²) < 4.78 is 15.7. The Morgan fingerprint density at radius 1 is 1.04 bits per heavy atom. The molecule has 2 heterocycles. The minimum absolute atomic E-state index is 0.308. The predicted molar refractivity (Wildman–Crippen MR) is 108 cm³/mol. The van der Waals surface area contributed by atoms with Crippen molar-refractivity contribution in [3.63, 3.8) is 0 Å². The zero-order chi connectivity index (χ0) is 18.1. The van der Waals surface area contributed by atoms with Crippen molar-refractivity contribution in [3.8, 4) is 11.3 Å². The van der Waals surface area contributed by atoms with Crippen LogP contribution < -0.4 is 5.32 Å². The van der Waals surface area contributed by atoms with Gasteiger partial charge in [-0.2, -0.15) is 0 Å². The summed E-state index contributed by atoms with van der Waals surface area (Å²) in [5.41, 5.74) is 2.73. The van der Waals surface area contributed by atoms with Crippen LogP contribution in [0, 0.1) is 9.39 Å². The third-order valence-electron chi connectivity index (χ3n) is 3.98. The second-order valence-electron chi connectivity index (χ2n) is 5.68. The van der Waals surface area contributed by atoms with Gasteiger partial charge in [0.25, 0.3) is 5.91 Å². The number of halogens is 2. The van der Waals surface area contributed by atoms with E-state index in [2.05, 4.69) is 10.3 Å². The second kappa shape index (κ2) is 6.87. The molecule has 26 heavy (non-hydrogen) atoms. The highest BCUT2D eigenvalue weighted by Gasteiger charge is 2.18. The number of nitrogens with zero attached hydrogens (tertiary/aromatic N) is 2. The van der Waals surface area contributed by atoms with Crippen molar-refractivity contribution in [2.24, 2.45) is 0 Å². The smallest absolute Gasteiger partial charge is 0.257 e. The summed E-state index contributed by atoms with van der Waals surface area (Å²) in [5.74, 6) is -0.0973. The van der Waals surface area contributed by atoms with Crippen LogP contribution in [0.5, 0.6) is 0 Å². The number of fused-ring (bicyclic) bond motifs is 1. The number of amides is 1. The van der Waals surface area contributed by atoms with E-state index in [1.165, 1.54) is 18.2 Å². The molecule has 0 atom stereocenters. The molecule has 0 unspecified atom stereocenters. The molecule has 2 aromatic carbocycles. The molecule has 0 fully saturated rings. The molecule has 0 saturated carbocycles. The zero-order valence-electron chi connectivity index (χ0n) is 13.5. The van der Waals surface area contributed by atoms with E-state index in [4.69, 9.17) is 0 Å². The molecule has 1 amide bonds. The summed E-state index contributed by atoms with van der Waals surface area (Å²) in [6.07, 6.45) is 1.85. The Morgan fingerprint density at radius 2 is 1.81 bits per heavy atom. The fourth-order valence-corrected chi connectivity index (χ4v) is 3.48. The average Bonchev–Trinajstić information content (AvgIpc) is 3.01. The highest BCUT2D eigenvalue weighted by molar-refractivity contribution is 14.1. The number of benzene rings is 2. The first-order valence-electron chi connectivity index (χ1n) is 7.92. The molecule has 128 valence electrons. The van der Waals surface area contributed by atoms with Crippen molar-refractivity contribution in [2.75, 3.05) is 5.32 Å². The van der Waals surface area contributed by atoms with Gasteiger partial charge in [-0.3, -0.25) is 9.20 Å². The predicted octanol–water partition coefficient (Wildman–Crippen LogP) is 5.00. The van der Waals surface area contributed by atoms with Crippen molar-refractivity contribution in [1.29, 1.82) is 0 Å². The van der Waals surface area contributed by atoms with Crippen LogP contribution >= 0.6 is 22.6 Å². The molecule has 0 bridgehead atoms. The lowest BCUT2D eigenvalue weighted by Crippen LogP contribution is -2.15. The number of hydrogen-bond donors (Lipinski definition) is 1. The Balaban J connectivity index is 1.81. The lowest BCUT2D eigenvalue weighted by Gasteiger charge is -2.09. The van der Waals surface area contributed by atoms with Crippen LogP contribution in [0.1, 0.15) is 10.4 Å². The van der Waals surface area contributed by atoms with Crippen LogP contribution in [-0.2, 0) is 0 Å². The number of pyridine rings is 1. The first-order chi connectivity index (χ1) is 12.6. The highest BCUT2D eigenvalue weighted by atomic mass is 127. The minimum Gasteiger partial charge on any atom is -0.306 e. The summed E-state index contributed by atoms with van der Waals surface area (Å²) in [4.78, 5) is 17.4. The van der Waals surface area contributed by atoms with Gasteiger partial charge in [0, 0.05) is 15.3 Å². The van der Waals surface area contributed by atoms with Crippen LogP contribution in [0.4, 0.5) is 10.2 Å². The molecule has 0 radical (unpaired) electrons. The van der Waals surface area contributed by atoms with Gasteiger partial charge in [0.1, 0.15) is 23.0 Å². The Labute approximate surface area is 162 Å². The molecule has 0 aliphatic rings. The van der Waals surface area contributed by atoms with Crippen molar-refractivity contribution >= 4 is 40.0 Å². The van der Waals surface area contributed by atoms with Gasteiger partial charge in [-0.05, 0) is 52.9 Å². The molecule has 4 nitrogen and oxygen atoms in total. The molecule has 0 spiro atoms. The quantitative estimate of drug-likeness (QED) is 0.441. The van der Waals surface area contributed by atoms with Crippen LogP contribution in [-0.4, -0.2) is 15.3 Å². The first-order valence-corrected chi connectivity index (χ1v) is 9.00. The van der Waals surface area contributed by atoms with E-state index in [1.54, 1.807) is 0 Å². The Hall–Kier alpha value is -2.74. The number of carbonyl (C=O) groups is 1. The average molecular weight is 457 g/mol. The minimum atomic E-state index is -0.370. The van der Waals surface area contributed by atoms with Gasteiger partial charge in [-0.25, -0.2) is 9.37 Å². The van der Waals surface area contributed by atoms with Crippen LogP contribution in [0.15, 0.2) is 72.9 Å². The topological polar surface area (TPSA) is 46.4 Å². The van der Waals surface area contributed by atoms with Crippen molar-refractivity contribution < 1.29 is 9.18 Å². The summed E-state index contributed by atoms with van der Waals surface area (Å²) in [7, 11) is 0. The monoisotopic (exact) mass is 457 g/mol. The van der Waals surface area contributed by atoms with Gasteiger partial charge in [0.15, 0.2) is 0 Å². The Bertz CT molecular complexity index is 1110. The molecule has 4 aromatic rings. The second-order valence-corrected chi connectivity index (χ2v) is 6.84. The van der Waals surface area contributed by atoms with Crippen molar-refractivity contribution in [3.05, 3.63) is 87.9 Å². The molecule has 6 heteroatoms. The maximum absolute atomic E-state index is 13.3. The van der Waals surface area contributed by atoms with E-state index < -0.39 is 0 Å². The fraction of sp³-hybridized carbons (Fsp3) is 0. The molecule has 0 aliphatic carbocycles. The standard InChI is InChI=1S/C20H13FIN3O/c21-14-9-10-15(16(22)12-14)20(26)24-19-18(13-6-2-1-3-7-13)23-17-8-4-5-11-25(17)19/h1-12H,(H,24,26). The van der Waals surface area contributed by atoms with Crippen LogP contribution in [0.3, 0.4) is 0 Å². The van der Waals surface area contributed by atoms with Crippen molar-refractivity contribution in [1.82, 2.24) is 9.38 Å². The normalized spacial score (nSPS) is 10.8. The van der Waals surface area contributed by atoms with Gasteiger partial charge >= 0.3 is 0 Å². The zero-order valence-corrected chi connectivity index (χ0v) is 15.6. The Morgan fingerprint density at radius 3 is 2.58 bits per heavy atom. The van der Waals surface area contributed by atoms with E-state index >= 15 is 0 Å². The third kappa shape index (κ3) is 3.08. The molecular formula is C20H13FIN3O. The van der Waals surface area contributed by atoms with Gasteiger partial charge in [0.2, 0.25) is 0 Å². The van der Waals surface area contributed by atoms with Gasteiger partial charge in [-0.15, -0.1) is 0 Å². The van der Waals surface area contributed by atoms with Crippen molar-refractivity contribution in [2.45, 2.75) is 0 Å². The number of aromatic nitrogens is 2. The van der Waals surface area contributed by atoms with E-state index in [-0.39, 0.29) is 11.7 Å². The van der Waals surface area contributed by atoms with Gasteiger partial charge in [-0.1, -0.05) is 36.4 Å². The molecular weight excluding hydrogens is 444 g/mol. The largest absolute Gasteiger partial charge is 0.306 e.